The fourth-order valence-corrected chi connectivity index (χ4v) is 5.17. The van der Waals surface area contributed by atoms with Gasteiger partial charge >= 0.3 is 0 Å². The van der Waals surface area contributed by atoms with Gasteiger partial charge in [-0.25, -0.2) is 9.97 Å². The summed E-state index contributed by atoms with van der Waals surface area (Å²) in [7, 11) is 0. The number of nitrogens with zero attached hydrogens (tertiary/aromatic N) is 2. The molecule has 0 saturated heterocycles. The van der Waals surface area contributed by atoms with Crippen LogP contribution in [0.15, 0.2) is 91.0 Å². The van der Waals surface area contributed by atoms with E-state index in [4.69, 9.17) is 9.97 Å². The number of carbonyl (C=O) groups excluding carboxylic acids is 1. The van der Waals surface area contributed by atoms with Crippen LogP contribution in [0.3, 0.4) is 0 Å². The van der Waals surface area contributed by atoms with Gasteiger partial charge in [0.05, 0.1) is 34.0 Å². The first-order chi connectivity index (χ1) is 19.3. The molecule has 0 atom stereocenters. The van der Waals surface area contributed by atoms with Gasteiger partial charge < -0.3 is 15.3 Å². The van der Waals surface area contributed by atoms with Crippen molar-refractivity contribution in [2.45, 2.75) is 0 Å². The van der Waals surface area contributed by atoms with E-state index in [1.165, 1.54) is 0 Å². The van der Waals surface area contributed by atoms with Gasteiger partial charge in [0.2, 0.25) is 6.41 Å². The highest BCUT2D eigenvalue weighted by atomic mass is 16.1. The van der Waals surface area contributed by atoms with Gasteiger partial charge in [0, 0.05) is 27.7 Å². The highest BCUT2D eigenvalue weighted by molar-refractivity contribution is 5.97. The van der Waals surface area contributed by atoms with Crippen molar-refractivity contribution in [3.63, 3.8) is 0 Å². The van der Waals surface area contributed by atoms with E-state index in [1.54, 1.807) is 0 Å². The molecule has 8 bridgehead atoms. The second kappa shape index (κ2) is 9.43. The summed E-state index contributed by atoms with van der Waals surface area (Å²) in [4.78, 5) is 28.7. The van der Waals surface area contributed by atoms with Crippen molar-refractivity contribution in [1.82, 2.24) is 19.9 Å². The maximum absolute atomic E-state index is 11.7. The largest absolute Gasteiger partial charge is 0.355 e. The maximum Gasteiger partial charge on any atom is 0.211 e. The van der Waals surface area contributed by atoms with Crippen LogP contribution in [0.5, 0.6) is 0 Å². The minimum Gasteiger partial charge on any atom is -0.355 e. The molecule has 1 amide bonds. The third-order valence-electron chi connectivity index (χ3n) is 6.90. The standard InChI is InChI=1S/C33H23N5O/c39-20-34-33-29-17-15-27(37-29)31(21-7-3-1-4-8-21)25-13-11-23(35-25)19-24-12-14-26(36-24)32(22-9-5-2-6-10-22)28-16-18-30(33)38-28/h1-20,35,38H,(H,34,39). The van der Waals surface area contributed by atoms with Crippen LogP contribution < -0.4 is 5.32 Å². The Morgan fingerprint density at radius 1 is 0.590 bits per heavy atom. The lowest BCUT2D eigenvalue weighted by Gasteiger charge is -2.04. The van der Waals surface area contributed by atoms with Crippen LogP contribution in [0.1, 0.15) is 22.8 Å². The number of aromatic amines is 2. The van der Waals surface area contributed by atoms with Gasteiger partial charge in [-0.15, -0.1) is 0 Å². The fourth-order valence-electron chi connectivity index (χ4n) is 5.17. The average molecular weight is 506 g/mol. The van der Waals surface area contributed by atoms with Crippen LogP contribution in [0.4, 0.5) is 5.69 Å². The summed E-state index contributed by atoms with van der Waals surface area (Å²) in [6, 6.07) is 30.5. The van der Waals surface area contributed by atoms with Crippen LogP contribution in [-0.2, 0) is 4.79 Å². The van der Waals surface area contributed by atoms with Gasteiger partial charge in [-0.1, -0.05) is 60.7 Å². The zero-order valence-electron chi connectivity index (χ0n) is 20.8. The van der Waals surface area contributed by atoms with E-state index in [9.17, 15) is 4.79 Å². The molecule has 5 aromatic rings. The molecule has 2 aliphatic rings. The first-order valence-corrected chi connectivity index (χ1v) is 12.7. The predicted molar refractivity (Wildman–Crippen MR) is 159 cm³/mol. The quantitative estimate of drug-likeness (QED) is 0.216. The molecule has 0 spiro atoms. The van der Waals surface area contributed by atoms with Gasteiger partial charge in [0.1, 0.15) is 0 Å². The summed E-state index contributed by atoms with van der Waals surface area (Å²) in [6.07, 6.45) is 8.67. The fraction of sp³-hybridized carbons (Fsp3) is 0. The first kappa shape index (κ1) is 22.7. The number of anilines is 1. The van der Waals surface area contributed by atoms with E-state index >= 15 is 0 Å². The SMILES string of the molecule is O=CNc1c2nc(c(-c3ccccc3)c3ccc(cc4nc(c(-c5ccccc5)c5ccc1[nH]5)C=C4)[nH]3)C=C2. The van der Waals surface area contributed by atoms with Crippen molar-refractivity contribution in [2.24, 2.45) is 0 Å². The van der Waals surface area contributed by atoms with E-state index in [-0.39, 0.29) is 0 Å². The molecule has 7 rings (SSSR count). The Kier molecular flexibility index (Phi) is 5.49. The molecule has 2 aliphatic heterocycles. The minimum absolute atomic E-state index is 0.603. The van der Waals surface area contributed by atoms with Gasteiger partial charge in [-0.2, -0.15) is 0 Å². The van der Waals surface area contributed by atoms with E-state index in [2.05, 4.69) is 51.7 Å². The van der Waals surface area contributed by atoms with E-state index in [0.717, 1.165) is 61.4 Å². The summed E-state index contributed by atoms with van der Waals surface area (Å²) < 4.78 is 0. The van der Waals surface area contributed by atoms with Gasteiger partial charge in [-0.05, 0) is 65.8 Å². The van der Waals surface area contributed by atoms with Crippen molar-refractivity contribution in [1.29, 1.82) is 0 Å². The number of hydrogen-bond acceptors (Lipinski definition) is 3. The van der Waals surface area contributed by atoms with Gasteiger partial charge in [-0.3, -0.25) is 4.79 Å². The Morgan fingerprint density at radius 3 is 1.90 bits per heavy atom. The summed E-state index contributed by atoms with van der Waals surface area (Å²) in [5, 5.41) is 2.88. The molecule has 0 aliphatic carbocycles. The number of hydrogen-bond donors (Lipinski definition) is 3. The Bertz CT molecular complexity index is 1910. The number of amides is 1. The monoisotopic (exact) mass is 505 g/mol. The molecule has 39 heavy (non-hydrogen) atoms. The van der Waals surface area contributed by atoms with Crippen LogP contribution in [0.2, 0.25) is 0 Å². The zero-order valence-corrected chi connectivity index (χ0v) is 20.8. The molecule has 0 radical (unpaired) electrons. The molecule has 0 saturated carbocycles. The number of fused-ring (bicyclic) bond motifs is 8. The molecule has 0 fully saturated rings. The molecular weight excluding hydrogens is 482 g/mol. The van der Waals surface area contributed by atoms with Gasteiger partial charge in [0.25, 0.3) is 0 Å². The third-order valence-corrected chi connectivity index (χ3v) is 6.90. The lowest BCUT2D eigenvalue weighted by molar-refractivity contribution is -0.105. The Labute approximate surface area is 224 Å². The van der Waals surface area contributed by atoms with Crippen LogP contribution >= 0.6 is 0 Å². The molecule has 2 aromatic carbocycles. The predicted octanol–water partition coefficient (Wildman–Crippen LogP) is 7.56. The number of rotatable bonds is 4. The molecule has 186 valence electrons. The van der Waals surface area contributed by atoms with Crippen molar-refractivity contribution in [3.05, 3.63) is 114 Å². The molecule has 3 N–H and O–H groups in total. The molecule has 0 unspecified atom stereocenters. The summed E-state index contributed by atoms with van der Waals surface area (Å²) in [5.41, 5.74) is 11.4. The van der Waals surface area contributed by atoms with E-state index in [1.807, 2.05) is 78.9 Å². The average Bonchev–Trinajstić information content (AvgIpc) is 3.79. The number of aromatic nitrogens is 4. The summed E-state index contributed by atoms with van der Waals surface area (Å²) in [5.74, 6) is 0. The van der Waals surface area contributed by atoms with Crippen molar-refractivity contribution in [3.8, 4) is 22.3 Å². The molecular formula is C33H23N5O. The number of benzene rings is 2. The highest BCUT2D eigenvalue weighted by Gasteiger charge is 2.15. The lowest BCUT2D eigenvalue weighted by Crippen LogP contribution is -1.97. The van der Waals surface area contributed by atoms with E-state index < -0.39 is 0 Å². The van der Waals surface area contributed by atoms with Crippen molar-refractivity contribution in [2.75, 3.05) is 5.32 Å². The Balaban J connectivity index is 1.63. The Morgan fingerprint density at radius 2 is 1.18 bits per heavy atom. The summed E-state index contributed by atoms with van der Waals surface area (Å²) >= 11 is 0. The van der Waals surface area contributed by atoms with Gasteiger partial charge in [0.15, 0.2) is 0 Å². The number of carbonyl (C=O) groups is 1. The van der Waals surface area contributed by atoms with Crippen LogP contribution in [0, 0.1) is 0 Å². The zero-order chi connectivity index (χ0) is 26.2. The molecule has 6 nitrogen and oxygen atoms in total. The lowest BCUT2D eigenvalue weighted by atomic mass is 10.0. The van der Waals surface area contributed by atoms with Crippen LogP contribution in [0.25, 0.3) is 68.6 Å². The molecule has 5 heterocycles. The topological polar surface area (TPSA) is 86.5 Å². The highest BCUT2D eigenvalue weighted by Crippen LogP contribution is 2.34. The number of nitrogens with one attached hydrogen (secondary N) is 3. The van der Waals surface area contributed by atoms with Crippen molar-refractivity contribution >= 4 is 58.5 Å². The minimum atomic E-state index is 0.603. The smallest absolute Gasteiger partial charge is 0.211 e. The third kappa shape index (κ3) is 4.14. The van der Waals surface area contributed by atoms with Crippen molar-refractivity contribution < 1.29 is 4.79 Å². The molecule has 6 heteroatoms. The second-order valence-corrected chi connectivity index (χ2v) is 9.35. The van der Waals surface area contributed by atoms with E-state index in [0.29, 0.717) is 17.8 Å². The summed E-state index contributed by atoms with van der Waals surface area (Å²) in [6.45, 7) is 0. The second-order valence-electron chi connectivity index (χ2n) is 9.35. The number of H-pyrrole nitrogens is 2. The normalized spacial score (nSPS) is 12.0. The maximum atomic E-state index is 11.7. The van der Waals surface area contributed by atoms with Crippen LogP contribution in [-0.4, -0.2) is 26.3 Å². The Hall–Kier alpha value is -5.49. The first-order valence-electron chi connectivity index (χ1n) is 12.7. The molecule has 3 aromatic heterocycles.